The van der Waals surface area contributed by atoms with Crippen LogP contribution in [-0.4, -0.2) is 50.4 Å². The molecule has 1 aromatic heterocycles. The summed E-state index contributed by atoms with van der Waals surface area (Å²) in [5.41, 5.74) is 0.477. The number of benzene rings is 1. The minimum absolute atomic E-state index is 0.264. The van der Waals surface area contributed by atoms with Gasteiger partial charge in [0.1, 0.15) is 22.6 Å². The highest BCUT2D eigenvalue weighted by atomic mass is 32.2. The molecule has 1 aliphatic heterocycles. The molecule has 168 valence electrons. The maximum Gasteiger partial charge on any atom is 0.244 e. The van der Waals surface area contributed by atoms with E-state index in [9.17, 15) is 17.6 Å². The van der Waals surface area contributed by atoms with E-state index in [1.807, 2.05) is 12.3 Å². The molecule has 1 unspecified atom stereocenters. The van der Waals surface area contributed by atoms with Crippen molar-refractivity contribution in [2.24, 2.45) is 0 Å². The minimum Gasteiger partial charge on any atom is -0.357 e. The van der Waals surface area contributed by atoms with Crippen LogP contribution in [0, 0.1) is 5.82 Å². The molecule has 7 nitrogen and oxygen atoms in total. The molecule has 0 aliphatic carbocycles. The highest BCUT2D eigenvalue weighted by Crippen LogP contribution is 2.20. The number of hydrogen-bond acceptors (Lipinski definition) is 6. The SMILES string of the molecule is CSCCC(NS(=O)(=O)c1ccccc1F)C(=O)Nc1ccc(N2CCCCC2)nc1. The number of hydrogen-bond donors (Lipinski definition) is 2. The van der Waals surface area contributed by atoms with E-state index in [-0.39, 0.29) is 6.42 Å². The van der Waals surface area contributed by atoms with Crippen LogP contribution in [0.25, 0.3) is 0 Å². The van der Waals surface area contributed by atoms with E-state index in [0.717, 1.165) is 37.8 Å². The second kappa shape index (κ2) is 10.9. The van der Waals surface area contributed by atoms with E-state index < -0.39 is 32.7 Å². The predicted molar refractivity (Wildman–Crippen MR) is 122 cm³/mol. The molecular weight excluding hydrogens is 439 g/mol. The van der Waals surface area contributed by atoms with Gasteiger partial charge in [-0.3, -0.25) is 4.79 Å². The third-order valence-electron chi connectivity index (χ3n) is 5.05. The van der Waals surface area contributed by atoms with Crippen molar-refractivity contribution >= 4 is 39.2 Å². The molecule has 31 heavy (non-hydrogen) atoms. The summed E-state index contributed by atoms with van der Waals surface area (Å²) in [5.74, 6) is 0.0409. The van der Waals surface area contributed by atoms with Gasteiger partial charge in [0.25, 0.3) is 0 Å². The summed E-state index contributed by atoms with van der Waals surface area (Å²) in [6.45, 7) is 1.93. The molecule has 1 fully saturated rings. The first kappa shape index (κ1) is 23.5. The van der Waals surface area contributed by atoms with Gasteiger partial charge in [-0.1, -0.05) is 12.1 Å². The number of nitrogens with zero attached hydrogens (tertiary/aromatic N) is 2. The zero-order chi connectivity index (χ0) is 22.3. The normalized spacial score (nSPS) is 15.5. The Labute approximate surface area is 186 Å². The number of halogens is 1. The summed E-state index contributed by atoms with van der Waals surface area (Å²) in [5, 5.41) is 2.72. The van der Waals surface area contributed by atoms with Crippen molar-refractivity contribution in [2.45, 2.75) is 36.6 Å². The number of pyridine rings is 1. The van der Waals surface area contributed by atoms with Crippen molar-refractivity contribution in [2.75, 3.05) is 35.3 Å². The average Bonchev–Trinajstić information content (AvgIpc) is 2.78. The van der Waals surface area contributed by atoms with Gasteiger partial charge in [0, 0.05) is 13.1 Å². The van der Waals surface area contributed by atoms with Gasteiger partial charge >= 0.3 is 0 Å². The maximum absolute atomic E-state index is 14.0. The molecule has 3 rings (SSSR count). The topological polar surface area (TPSA) is 91.4 Å². The molecule has 1 saturated heterocycles. The number of nitrogens with one attached hydrogen (secondary N) is 2. The molecular formula is C21H27FN4O3S2. The second-order valence-corrected chi connectivity index (χ2v) is 10.00. The van der Waals surface area contributed by atoms with Crippen molar-refractivity contribution in [3.63, 3.8) is 0 Å². The van der Waals surface area contributed by atoms with Crippen molar-refractivity contribution < 1.29 is 17.6 Å². The van der Waals surface area contributed by atoms with E-state index in [1.165, 1.54) is 36.4 Å². The van der Waals surface area contributed by atoms with Crippen LogP contribution >= 0.6 is 11.8 Å². The molecule has 0 saturated carbocycles. The molecule has 0 bridgehead atoms. The van der Waals surface area contributed by atoms with Crippen molar-refractivity contribution in [3.8, 4) is 0 Å². The first-order valence-electron chi connectivity index (χ1n) is 10.2. The molecule has 2 N–H and O–H groups in total. The molecule has 1 amide bonds. The number of piperidine rings is 1. The van der Waals surface area contributed by atoms with Crippen molar-refractivity contribution in [3.05, 3.63) is 48.4 Å². The van der Waals surface area contributed by atoms with Gasteiger partial charge in [-0.15, -0.1) is 0 Å². The lowest BCUT2D eigenvalue weighted by molar-refractivity contribution is -0.117. The largest absolute Gasteiger partial charge is 0.357 e. The van der Waals surface area contributed by atoms with E-state index >= 15 is 0 Å². The van der Waals surface area contributed by atoms with Crippen LogP contribution in [0.5, 0.6) is 0 Å². The fourth-order valence-corrected chi connectivity index (χ4v) is 5.17. The predicted octanol–water partition coefficient (Wildman–Crippen LogP) is 3.25. The molecule has 2 aromatic rings. The molecule has 10 heteroatoms. The van der Waals surface area contributed by atoms with Crippen molar-refractivity contribution in [1.82, 2.24) is 9.71 Å². The van der Waals surface area contributed by atoms with Crippen LogP contribution < -0.4 is 14.9 Å². The maximum atomic E-state index is 14.0. The Morgan fingerprint density at radius 1 is 1.19 bits per heavy atom. The van der Waals surface area contributed by atoms with Crippen LogP contribution in [-0.2, 0) is 14.8 Å². The highest BCUT2D eigenvalue weighted by molar-refractivity contribution is 7.98. The summed E-state index contributed by atoms with van der Waals surface area (Å²) < 4.78 is 41.6. The van der Waals surface area contributed by atoms with Gasteiger partial charge in [0.15, 0.2) is 0 Å². The minimum atomic E-state index is -4.20. The average molecular weight is 467 g/mol. The Bertz CT molecular complexity index is 980. The monoisotopic (exact) mass is 466 g/mol. The van der Waals surface area contributed by atoms with E-state index in [0.29, 0.717) is 11.4 Å². The van der Waals surface area contributed by atoms with E-state index in [1.54, 1.807) is 12.3 Å². The zero-order valence-electron chi connectivity index (χ0n) is 17.4. The summed E-state index contributed by atoms with van der Waals surface area (Å²) >= 11 is 1.49. The number of anilines is 2. The van der Waals surface area contributed by atoms with Crippen LogP contribution in [0.15, 0.2) is 47.5 Å². The van der Waals surface area contributed by atoms with Gasteiger partial charge in [0.2, 0.25) is 15.9 Å². The Kier molecular flexibility index (Phi) is 8.28. The van der Waals surface area contributed by atoms with Crippen LogP contribution in [0.3, 0.4) is 0 Å². The number of sulfonamides is 1. The Morgan fingerprint density at radius 2 is 1.94 bits per heavy atom. The highest BCUT2D eigenvalue weighted by Gasteiger charge is 2.27. The fourth-order valence-electron chi connectivity index (χ4n) is 3.39. The van der Waals surface area contributed by atoms with Crippen molar-refractivity contribution in [1.29, 1.82) is 0 Å². The summed E-state index contributed by atoms with van der Waals surface area (Å²) in [6, 6.07) is 7.65. The number of thioether (sulfide) groups is 1. The third-order valence-corrected chi connectivity index (χ3v) is 7.20. The lowest BCUT2D eigenvalue weighted by Crippen LogP contribution is -2.44. The van der Waals surface area contributed by atoms with E-state index in [4.69, 9.17) is 0 Å². The lowest BCUT2D eigenvalue weighted by Gasteiger charge is -2.27. The smallest absolute Gasteiger partial charge is 0.244 e. The van der Waals surface area contributed by atoms with Gasteiger partial charge in [-0.05, 0) is 62.0 Å². The number of rotatable bonds is 9. The zero-order valence-corrected chi connectivity index (χ0v) is 19.0. The number of amides is 1. The fraction of sp³-hybridized carbons (Fsp3) is 0.429. The second-order valence-electron chi connectivity index (χ2n) is 7.33. The molecule has 1 atom stereocenters. The molecule has 0 spiro atoms. The van der Waals surface area contributed by atoms with Crippen LogP contribution in [0.2, 0.25) is 0 Å². The summed E-state index contributed by atoms with van der Waals surface area (Å²) in [6.07, 6.45) is 7.20. The molecule has 2 heterocycles. The lowest BCUT2D eigenvalue weighted by atomic mass is 10.1. The Hall–Kier alpha value is -2.17. The molecule has 1 aliphatic rings. The first-order chi connectivity index (χ1) is 14.9. The van der Waals surface area contributed by atoms with Gasteiger partial charge in [-0.2, -0.15) is 16.5 Å². The Balaban J connectivity index is 1.70. The van der Waals surface area contributed by atoms with Gasteiger partial charge < -0.3 is 10.2 Å². The molecule has 1 aromatic carbocycles. The summed E-state index contributed by atoms with van der Waals surface area (Å²) in [4.78, 5) is 19.0. The van der Waals surface area contributed by atoms with E-state index in [2.05, 4.69) is 19.9 Å². The number of carbonyl (C=O) groups is 1. The first-order valence-corrected chi connectivity index (χ1v) is 13.1. The standard InChI is InChI=1S/C21H27FN4O3S2/c1-30-14-11-18(25-31(28,29)19-8-4-3-7-17(19)22)21(27)24-16-9-10-20(23-15-16)26-12-5-2-6-13-26/h3-4,7-10,15,18,25H,2,5-6,11-14H2,1H3,(H,24,27). The van der Waals surface area contributed by atoms with Crippen LogP contribution in [0.1, 0.15) is 25.7 Å². The van der Waals surface area contributed by atoms with Gasteiger partial charge in [0.05, 0.1) is 11.9 Å². The number of carbonyl (C=O) groups excluding carboxylic acids is 1. The summed E-state index contributed by atoms with van der Waals surface area (Å²) in [7, 11) is -4.20. The quantitative estimate of drug-likeness (QED) is 0.590. The third kappa shape index (κ3) is 6.41. The molecule has 0 radical (unpaired) electrons. The van der Waals surface area contributed by atoms with Gasteiger partial charge in [-0.25, -0.2) is 17.8 Å². The Morgan fingerprint density at radius 3 is 2.58 bits per heavy atom. The number of aromatic nitrogens is 1. The van der Waals surface area contributed by atoms with Crippen LogP contribution in [0.4, 0.5) is 15.9 Å².